The average molecular weight is 583 g/mol. The molecule has 2 unspecified atom stereocenters. The number of primary amides is 1. The van der Waals surface area contributed by atoms with E-state index in [9.17, 15) is 14.4 Å². The zero-order valence-corrected chi connectivity index (χ0v) is 23.9. The molecule has 0 radical (unpaired) electrons. The zero-order chi connectivity index (χ0) is 28.7. The SMILES string of the molecule is COc1ccccc1[C@H](CN1C(=O)N(C2(CC(N)=O)CC2)C(=O)C2C(C)=C(c3ncco3)SC21)OC1CCOCC1. The van der Waals surface area contributed by atoms with Crippen LogP contribution >= 0.6 is 11.8 Å². The molecule has 2 aromatic rings. The average Bonchev–Trinajstić information content (AvgIpc) is 3.35. The molecule has 1 aromatic carbocycles. The number of nitrogens with two attached hydrogens (primary N) is 1. The summed E-state index contributed by atoms with van der Waals surface area (Å²) in [7, 11) is 1.61. The second kappa shape index (κ2) is 11.1. The zero-order valence-electron chi connectivity index (χ0n) is 23.1. The lowest BCUT2D eigenvalue weighted by Gasteiger charge is -2.46. The van der Waals surface area contributed by atoms with E-state index in [0.717, 1.165) is 28.9 Å². The Bertz CT molecular complexity index is 1350. The van der Waals surface area contributed by atoms with Crippen LogP contribution in [0.1, 0.15) is 56.6 Å². The Balaban J connectivity index is 1.39. The number of fused-ring (bicyclic) bond motifs is 1. The summed E-state index contributed by atoms with van der Waals surface area (Å²) in [6.07, 6.45) is 4.94. The summed E-state index contributed by atoms with van der Waals surface area (Å²) in [6, 6.07) is 7.17. The number of hydrogen-bond acceptors (Lipinski definition) is 9. The van der Waals surface area contributed by atoms with Crippen molar-refractivity contribution in [1.29, 1.82) is 0 Å². The van der Waals surface area contributed by atoms with E-state index in [2.05, 4.69) is 4.98 Å². The highest BCUT2D eigenvalue weighted by Gasteiger charge is 2.62. The Kier molecular flexibility index (Phi) is 7.56. The van der Waals surface area contributed by atoms with Crippen LogP contribution < -0.4 is 10.5 Å². The Morgan fingerprint density at radius 1 is 1.24 bits per heavy atom. The van der Waals surface area contributed by atoms with Crippen molar-refractivity contribution < 1.29 is 33.0 Å². The van der Waals surface area contributed by atoms with Crippen LogP contribution in [0.15, 0.2) is 46.7 Å². The number of ether oxygens (including phenoxy) is 3. The first-order chi connectivity index (χ1) is 19.8. The maximum absolute atomic E-state index is 14.4. The van der Waals surface area contributed by atoms with Gasteiger partial charge in [-0.2, -0.15) is 0 Å². The summed E-state index contributed by atoms with van der Waals surface area (Å²) in [4.78, 5) is 48.5. The van der Waals surface area contributed by atoms with E-state index in [0.29, 0.717) is 37.7 Å². The van der Waals surface area contributed by atoms with Crippen molar-refractivity contribution in [3.63, 3.8) is 0 Å². The van der Waals surface area contributed by atoms with Gasteiger partial charge in [0.15, 0.2) is 0 Å². The van der Waals surface area contributed by atoms with Crippen LogP contribution in [0.2, 0.25) is 0 Å². The van der Waals surface area contributed by atoms with Crippen molar-refractivity contribution in [2.24, 2.45) is 11.7 Å². The Morgan fingerprint density at radius 2 is 2.00 bits per heavy atom. The maximum atomic E-state index is 14.4. The topological polar surface area (TPSA) is 137 Å². The van der Waals surface area contributed by atoms with Gasteiger partial charge in [0.25, 0.3) is 0 Å². The fourth-order valence-electron chi connectivity index (χ4n) is 6.15. The van der Waals surface area contributed by atoms with E-state index in [1.807, 2.05) is 31.2 Å². The summed E-state index contributed by atoms with van der Waals surface area (Å²) in [5.74, 6) is -0.432. The van der Waals surface area contributed by atoms with Gasteiger partial charge in [-0.1, -0.05) is 30.0 Å². The molecular weight excluding hydrogens is 548 g/mol. The Morgan fingerprint density at radius 3 is 2.66 bits per heavy atom. The fourth-order valence-corrected chi connectivity index (χ4v) is 7.67. The number of methoxy groups -OCH3 is 1. The minimum atomic E-state index is -0.901. The molecule has 218 valence electrons. The Labute approximate surface area is 242 Å². The summed E-state index contributed by atoms with van der Waals surface area (Å²) in [6.45, 7) is 3.26. The van der Waals surface area contributed by atoms with Crippen LogP contribution in [0.5, 0.6) is 5.75 Å². The van der Waals surface area contributed by atoms with Gasteiger partial charge >= 0.3 is 6.03 Å². The van der Waals surface area contributed by atoms with Gasteiger partial charge in [0, 0.05) is 18.8 Å². The molecule has 1 aliphatic carbocycles. The van der Waals surface area contributed by atoms with E-state index in [-0.39, 0.29) is 25.0 Å². The number of hydrogen-bond donors (Lipinski definition) is 1. The number of urea groups is 1. The number of thioether (sulfide) groups is 1. The molecule has 12 heteroatoms. The molecule has 4 aliphatic rings. The molecule has 0 bridgehead atoms. The molecule has 1 aromatic heterocycles. The number of imide groups is 1. The van der Waals surface area contributed by atoms with Crippen molar-refractivity contribution >= 4 is 34.5 Å². The lowest BCUT2D eigenvalue weighted by Crippen LogP contribution is -2.64. The van der Waals surface area contributed by atoms with Crippen LogP contribution in [-0.4, -0.2) is 76.5 Å². The third kappa shape index (κ3) is 5.13. The molecule has 4 amide bonds. The highest BCUT2D eigenvalue weighted by Crippen LogP contribution is 2.55. The van der Waals surface area contributed by atoms with Crippen LogP contribution in [-0.2, 0) is 19.1 Å². The summed E-state index contributed by atoms with van der Waals surface area (Å²) >= 11 is 1.40. The van der Waals surface area contributed by atoms with Gasteiger partial charge in [0.1, 0.15) is 18.1 Å². The molecule has 2 N–H and O–H groups in total. The summed E-state index contributed by atoms with van der Waals surface area (Å²) < 4.78 is 23.5. The second-order valence-corrected chi connectivity index (χ2v) is 12.1. The normalized spacial score (nSPS) is 24.9. The largest absolute Gasteiger partial charge is 0.496 e. The van der Waals surface area contributed by atoms with Crippen LogP contribution in [0, 0.1) is 5.92 Å². The third-order valence-electron chi connectivity index (χ3n) is 8.38. The first kappa shape index (κ1) is 27.8. The highest BCUT2D eigenvalue weighted by atomic mass is 32.2. The van der Waals surface area contributed by atoms with E-state index < -0.39 is 34.9 Å². The lowest BCUT2D eigenvalue weighted by atomic mass is 9.93. The smallest absolute Gasteiger partial charge is 0.328 e. The van der Waals surface area contributed by atoms with Gasteiger partial charge in [-0.15, -0.1) is 0 Å². The molecule has 41 heavy (non-hydrogen) atoms. The molecule has 3 fully saturated rings. The first-order valence-corrected chi connectivity index (χ1v) is 14.8. The number of benzene rings is 1. The monoisotopic (exact) mass is 582 g/mol. The van der Waals surface area contributed by atoms with E-state index >= 15 is 0 Å². The number of amides is 4. The maximum Gasteiger partial charge on any atom is 0.328 e. The number of aromatic nitrogens is 1. The van der Waals surface area contributed by atoms with Gasteiger partial charge in [-0.05, 0) is 44.2 Å². The number of rotatable bonds is 10. The minimum absolute atomic E-state index is 0.0595. The van der Waals surface area contributed by atoms with E-state index in [1.165, 1.54) is 22.9 Å². The molecule has 4 heterocycles. The van der Waals surface area contributed by atoms with Crippen molar-refractivity contribution in [1.82, 2.24) is 14.8 Å². The summed E-state index contributed by atoms with van der Waals surface area (Å²) in [5.41, 5.74) is 6.28. The van der Waals surface area contributed by atoms with Gasteiger partial charge in [-0.25, -0.2) is 9.78 Å². The molecule has 6 rings (SSSR count). The van der Waals surface area contributed by atoms with Gasteiger partial charge < -0.3 is 29.3 Å². The number of oxazole rings is 1. The van der Waals surface area contributed by atoms with Gasteiger partial charge in [-0.3, -0.25) is 14.5 Å². The van der Waals surface area contributed by atoms with Crippen LogP contribution in [0.3, 0.4) is 0 Å². The lowest BCUT2D eigenvalue weighted by molar-refractivity contribution is -0.140. The Hall–Kier alpha value is -3.35. The summed E-state index contributed by atoms with van der Waals surface area (Å²) in [5, 5.41) is -0.534. The van der Waals surface area contributed by atoms with Crippen molar-refractivity contribution in [2.75, 3.05) is 26.9 Å². The molecule has 2 saturated heterocycles. The molecule has 3 atom stereocenters. The molecule has 3 aliphatic heterocycles. The number of nitrogens with zero attached hydrogens (tertiary/aromatic N) is 3. The molecule has 0 spiro atoms. The van der Waals surface area contributed by atoms with E-state index in [1.54, 1.807) is 18.2 Å². The highest BCUT2D eigenvalue weighted by molar-refractivity contribution is 8.09. The number of carbonyl (C=O) groups excluding carboxylic acids is 3. The van der Waals surface area contributed by atoms with E-state index in [4.69, 9.17) is 24.4 Å². The van der Waals surface area contributed by atoms with Crippen molar-refractivity contribution in [3.05, 3.63) is 53.8 Å². The molecular formula is C29H34N4O7S. The first-order valence-electron chi connectivity index (χ1n) is 13.9. The predicted molar refractivity (Wildman–Crippen MR) is 149 cm³/mol. The fraction of sp³-hybridized carbons (Fsp3) is 0.517. The van der Waals surface area contributed by atoms with Crippen LogP contribution in [0.4, 0.5) is 4.79 Å². The third-order valence-corrected chi connectivity index (χ3v) is 9.88. The minimum Gasteiger partial charge on any atom is -0.496 e. The molecule has 1 saturated carbocycles. The number of carbonyl (C=O) groups is 3. The quantitative estimate of drug-likeness (QED) is 0.444. The molecule has 11 nitrogen and oxygen atoms in total. The standard InChI is InChI=1S/C29H34N4O7S/c1-17-23-26(35)33(29(9-10-29)15-22(30)34)28(36)32(27(23)41-24(17)25-31-11-14-39-25)16-21(40-18-7-12-38-13-8-18)19-5-3-4-6-20(19)37-2/h3-6,11,14,18,21,23,27H,7-10,12-13,15-16H2,1-2H3,(H2,30,34)/t21-,23?,27?/m0/s1. The predicted octanol–water partition coefficient (Wildman–Crippen LogP) is 3.71. The van der Waals surface area contributed by atoms with Crippen LogP contribution in [0.25, 0.3) is 4.91 Å². The van der Waals surface area contributed by atoms with Crippen molar-refractivity contribution in [3.8, 4) is 5.75 Å². The van der Waals surface area contributed by atoms with Gasteiger partial charge in [0.2, 0.25) is 17.7 Å². The number of para-hydroxylation sites is 1. The second-order valence-electron chi connectivity index (χ2n) is 11.0. The van der Waals surface area contributed by atoms with Gasteiger partial charge in [0.05, 0.1) is 54.1 Å². The van der Waals surface area contributed by atoms with Crippen molar-refractivity contribution in [2.45, 2.75) is 62.1 Å².